The molecule has 2 heteroatoms. The number of rotatable bonds is 2. The first-order valence-electron chi connectivity index (χ1n) is 5.29. The minimum absolute atomic E-state index is 0.110. The van der Waals surface area contributed by atoms with Gasteiger partial charge in [0.2, 0.25) is 0 Å². The van der Waals surface area contributed by atoms with E-state index < -0.39 is 0 Å². The van der Waals surface area contributed by atoms with Gasteiger partial charge in [0, 0.05) is 0 Å². The van der Waals surface area contributed by atoms with Crippen LogP contribution in [0.4, 0.5) is 0 Å². The van der Waals surface area contributed by atoms with Crippen molar-refractivity contribution in [3.63, 3.8) is 0 Å². The first-order chi connectivity index (χ1) is 7.34. The van der Waals surface area contributed by atoms with Gasteiger partial charge in [-0.3, -0.25) is 0 Å². The Hall–Kier alpha value is -1.12. The van der Waals surface area contributed by atoms with E-state index in [1.807, 2.05) is 0 Å². The Balaban J connectivity index is 1.97. The van der Waals surface area contributed by atoms with Crippen molar-refractivity contribution in [3.05, 3.63) is 41.5 Å². The van der Waals surface area contributed by atoms with E-state index in [0.29, 0.717) is 13.2 Å². The zero-order valence-corrected chi connectivity index (χ0v) is 8.98. The maximum absolute atomic E-state index is 5.52. The average Bonchev–Trinajstić information content (AvgIpc) is 2.28. The molecule has 2 rings (SSSR count). The molecule has 1 fully saturated rings. The molecule has 2 nitrogen and oxygen atoms in total. The summed E-state index contributed by atoms with van der Waals surface area (Å²) in [5.41, 5.74) is 2.49. The molecule has 1 unspecified atom stereocenters. The van der Waals surface area contributed by atoms with Gasteiger partial charge in [-0.05, 0) is 12.5 Å². The fraction of sp³-hybridized carbons (Fsp3) is 0.385. The lowest BCUT2D eigenvalue weighted by molar-refractivity contribution is -0.0672. The van der Waals surface area contributed by atoms with E-state index in [1.165, 1.54) is 11.1 Å². The van der Waals surface area contributed by atoms with E-state index in [4.69, 9.17) is 9.47 Å². The molecule has 0 amide bonds. The zero-order valence-electron chi connectivity index (χ0n) is 8.98. The second-order valence-electron chi connectivity index (χ2n) is 3.76. The van der Waals surface area contributed by atoms with Crippen molar-refractivity contribution < 1.29 is 9.47 Å². The third-order valence-electron chi connectivity index (χ3n) is 2.39. The number of aryl methyl sites for hydroxylation is 1. The molecule has 80 valence electrons. The molecule has 0 bridgehead atoms. The van der Waals surface area contributed by atoms with Crippen LogP contribution in [0.3, 0.4) is 0 Å². The van der Waals surface area contributed by atoms with Crippen LogP contribution >= 0.6 is 0 Å². The third kappa shape index (κ3) is 3.18. The van der Waals surface area contributed by atoms with Gasteiger partial charge >= 0.3 is 0 Å². The fourth-order valence-electron chi connectivity index (χ4n) is 1.61. The summed E-state index contributed by atoms with van der Waals surface area (Å²) in [6.45, 7) is 4.18. The van der Waals surface area contributed by atoms with Crippen molar-refractivity contribution >= 4 is 6.08 Å². The third-order valence-corrected chi connectivity index (χ3v) is 2.39. The molecule has 0 aliphatic carbocycles. The average molecular weight is 204 g/mol. The second kappa shape index (κ2) is 5.10. The molecule has 1 aromatic rings. The van der Waals surface area contributed by atoms with E-state index in [1.54, 1.807) is 0 Å². The lowest BCUT2D eigenvalue weighted by Gasteiger charge is -2.19. The molecule has 1 aliphatic heterocycles. The van der Waals surface area contributed by atoms with Gasteiger partial charge in [-0.1, -0.05) is 42.0 Å². The Morgan fingerprint density at radius 2 is 2.27 bits per heavy atom. The van der Waals surface area contributed by atoms with E-state index in [9.17, 15) is 0 Å². The highest BCUT2D eigenvalue weighted by Gasteiger charge is 2.09. The smallest absolute Gasteiger partial charge is 0.0993 e. The highest BCUT2D eigenvalue weighted by Crippen LogP contribution is 2.09. The van der Waals surface area contributed by atoms with Crippen molar-refractivity contribution in [1.29, 1.82) is 0 Å². The quantitative estimate of drug-likeness (QED) is 0.736. The number of benzene rings is 1. The summed E-state index contributed by atoms with van der Waals surface area (Å²) in [5.74, 6) is 0. The lowest BCUT2D eigenvalue weighted by Crippen LogP contribution is -2.26. The summed E-state index contributed by atoms with van der Waals surface area (Å²) in [6, 6.07) is 8.40. The van der Waals surface area contributed by atoms with Crippen LogP contribution in [0, 0.1) is 6.92 Å². The van der Waals surface area contributed by atoms with Crippen LogP contribution in [-0.2, 0) is 9.47 Å². The van der Waals surface area contributed by atoms with Gasteiger partial charge in [-0.15, -0.1) is 0 Å². The first-order valence-corrected chi connectivity index (χ1v) is 5.29. The first kappa shape index (κ1) is 10.4. The molecular formula is C13H16O2. The second-order valence-corrected chi connectivity index (χ2v) is 3.76. The van der Waals surface area contributed by atoms with Gasteiger partial charge < -0.3 is 9.47 Å². The van der Waals surface area contributed by atoms with Crippen LogP contribution in [0.2, 0.25) is 0 Å². The van der Waals surface area contributed by atoms with Gasteiger partial charge in [0.1, 0.15) is 0 Å². The number of ether oxygens (including phenoxy) is 2. The van der Waals surface area contributed by atoms with Gasteiger partial charge in [0.05, 0.1) is 25.9 Å². The van der Waals surface area contributed by atoms with Crippen LogP contribution in [0.25, 0.3) is 6.08 Å². The normalized spacial score (nSPS) is 22.1. The van der Waals surface area contributed by atoms with E-state index in [2.05, 4.69) is 43.3 Å². The Bertz CT molecular complexity index is 338. The monoisotopic (exact) mass is 204 g/mol. The van der Waals surface area contributed by atoms with Crippen molar-refractivity contribution in [2.45, 2.75) is 13.0 Å². The van der Waals surface area contributed by atoms with E-state index in [-0.39, 0.29) is 6.10 Å². The van der Waals surface area contributed by atoms with Crippen LogP contribution in [0.1, 0.15) is 11.1 Å². The topological polar surface area (TPSA) is 18.5 Å². The predicted molar refractivity (Wildman–Crippen MR) is 60.8 cm³/mol. The predicted octanol–water partition coefficient (Wildman–Crippen LogP) is 2.42. The minimum atomic E-state index is 0.110. The molecule has 0 N–H and O–H groups in total. The highest BCUT2D eigenvalue weighted by atomic mass is 16.6. The summed E-state index contributed by atoms with van der Waals surface area (Å²) < 4.78 is 10.8. The van der Waals surface area contributed by atoms with Gasteiger partial charge in [0.15, 0.2) is 0 Å². The minimum Gasteiger partial charge on any atom is -0.376 e. The lowest BCUT2D eigenvalue weighted by atomic mass is 10.1. The van der Waals surface area contributed by atoms with Crippen LogP contribution in [0.15, 0.2) is 30.3 Å². The standard InChI is InChI=1S/C13H16O2/c1-11-3-2-4-12(9-11)5-6-13-10-14-7-8-15-13/h2-6,9,13H,7-8,10H2,1H3/b6-5+. The zero-order chi connectivity index (χ0) is 10.5. The van der Waals surface area contributed by atoms with E-state index in [0.717, 1.165) is 6.61 Å². The van der Waals surface area contributed by atoms with Gasteiger partial charge in [-0.2, -0.15) is 0 Å². The molecule has 1 aliphatic rings. The summed E-state index contributed by atoms with van der Waals surface area (Å²) >= 11 is 0. The summed E-state index contributed by atoms with van der Waals surface area (Å²) in [4.78, 5) is 0. The maximum Gasteiger partial charge on any atom is 0.0993 e. The molecular weight excluding hydrogens is 188 g/mol. The summed E-state index contributed by atoms with van der Waals surface area (Å²) in [7, 11) is 0. The largest absolute Gasteiger partial charge is 0.376 e. The number of hydrogen-bond donors (Lipinski definition) is 0. The number of hydrogen-bond acceptors (Lipinski definition) is 2. The molecule has 15 heavy (non-hydrogen) atoms. The maximum atomic E-state index is 5.52. The summed E-state index contributed by atoms with van der Waals surface area (Å²) in [5, 5.41) is 0. The summed E-state index contributed by atoms with van der Waals surface area (Å²) in [6.07, 6.45) is 4.26. The molecule has 1 atom stereocenters. The van der Waals surface area contributed by atoms with Crippen molar-refractivity contribution in [2.24, 2.45) is 0 Å². The van der Waals surface area contributed by atoms with Crippen LogP contribution in [0.5, 0.6) is 0 Å². The molecule has 1 saturated heterocycles. The molecule has 0 saturated carbocycles. The van der Waals surface area contributed by atoms with E-state index >= 15 is 0 Å². The molecule has 0 radical (unpaired) electrons. The molecule has 0 spiro atoms. The van der Waals surface area contributed by atoms with Crippen LogP contribution < -0.4 is 0 Å². The van der Waals surface area contributed by atoms with Gasteiger partial charge in [0.25, 0.3) is 0 Å². The van der Waals surface area contributed by atoms with Gasteiger partial charge in [-0.25, -0.2) is 0 Å². The Morgan fingerprint density at radius 3 is 3.00 bits per heavy atom. The van der Waals surface area contributed by atoms with Crippen molar-refractivity contribution in [1.82, 2.24) is 0 Å². The van der Waals surface area contributed by atoms with Crippen LogP contribution in [-0.4, -0.2) is 25.9 Å². The van der Waals surface area contributed by atoms with Crippen molar-refractivity contribution in [3.8, 4) is 0 Å². The van der Waals surface area contributed by atoms with Crippen molar-refractivity contribution in [2.75, 3.05) is 19.8 Å². The molecule has 1 aromatic carbocycles. The SMILES string of the molecule is Cc1cccc(/C=C/C2COCCO2)c1. The Kier molecular flexibility index (Phi) is 3.54. The molecule has 0 aromatic heterocycles. The fourth-order valence-corrected chi connectivity index (χ4v) is 1.61. The molecule has 1 heterocycles. The Morgan fingerprint density at radius 1 is 1.33 bits per heavy atom. The highest BCUT2D eigenvalue weighted by molar-refractivity contribution is 5.50. The Labute approximate surface area is 90.5 Å².